The first-order valence-corrected chi connectivity index (χ1v) is 4.30. The van der Waals surface area contributed by atoms with Gasteiger partial charge in [0.1, 0.15) is 0 Å². The second kappa shape index (κ2) is 2.76. The van der Waals surface area contributed by atoms with Crippen LogP contribution in [-0.2, 0) is 0 Å². The van der Waals surface area contributed by atoms with Gasteiger partial charge in [-0.1, -0.05) is 13.8 Å². The molecule has 0 aromatic carbocycles. The van der Waals surface area contributed by atoms with Crippen LogP contribution in [0, 0.1) is 0 Å². The maximum atomic E-state index is 4.22. The molecule has 0 saturated heterocycles. The average molecular weight is 158 g/mol. The summed E-state index contributed by atoms with van der Waals surface area (Å²) in [4.78, 5) is 0. The van der Waals surface area contributed by atoms with Crippen molar-refractivity contribution < 1.29 is 0 Å². The minimum absolute atomic E-state index is 0.641. The van der Waals surface area contributed by atoms with Crippen LogP contribution in [0.1, 0.15) is 25.3 Å². The third kappa shape index (κ3) is 1.73. The van der Waals surface area contributed by atoms with E-state index >= 15 is 0 Å². The molecule has 0 amide bonds. The second-order valence-corrected chi connectivity index (χ2v) is 4.07. The molecule has 0 saturated carbocycles. The molecule has 0 fully saturated rings. The fourth-order valence-corrected chi connectivity index (χ4v) is 1.75. The summed E-state index contributed by atoms with van der Waals surface area (Å²) in [6.07, 6.45) is 0. The Morgan fingerprint density at radius 1 is 1.56 bits per heavy atom. The molecule has 2 heteroatoms. The van der Waals surface area contributed by atoms with Gasteiger partial charge in [-0.25, -0.2) is 0 Å². The van der Waals surface area contributed by atoms with Gasteiger partial charge >= 0.3 is 0 Å². The van der Waals surface area contributed by atoms with E-state index in [1.54, 1.807) is 11.3 Å². The van der Waals surface area contributed by atoms with Crippen molar-refractivity contribution in [1.29, 1.82) is 0 Å². The molecule has 0 bridgehead atoms. The maximum absolute atomic E-state index is 4.22. The molecule has 0 unspecified atom stereocenters. The SMILES string of the molecule is CC(C)c1csc(S)c1. The molecule has 50 valence electrons. The van der Waals surface area contributed by atoms with E-state index in [-0.39, 0.29) is 0 Å². The van der Waals surface area contributed by atoms with Crippen LogP contribution in [0.15, 0.2) is 15.7 Å². The molecule has 0 aliphatic rings. The maximum Gasteiger partial charge on any atom is 0.0570 e. The van der Waals surface area contributed by atoms with Gasteiger partial charge in [-0.05, 0) is 22.9 Å². The van der Waals surface area contributed by atoms with E-state index < -0.39 is 0 Å². The Hall–Kier alpha value is 0.0500. The number of hydrogen-bond donors (Lipinski definition) is 1. The van der Waals surface area contributed by atoms with Gasteiger partial charge in [0.05, 0.1) is 4.21 Å². The minimum Gasteiger partial charge on any atom is -0.137 e. The van der Waals surface area contributed by atoms with E-state index in [0.717, 1.165) is 4.21 Å². The highest BCUT2D eigenvalue weighted by Gasteiger charge is 1.99. The fourth-order valence-electron chi connectivity index (χ4n) is 0.642. The first kappa shape index (κ1) is 7.16. The van der Waals surface area contributed by atoms with Crippen molar-refractivity contribution in [3.63, 3.8) is 0 Å². The molecule has 0 nitrogen and oxygen atoms in total. The average Bonchev–Trinajstić information content (AvgIpc) is 2.14. The van der Waals surface area contributed by atoms with E-state index in [9.17, 15) is 0 Å². The molecule has 0 aliphatic carbocycles. The zero-order valence-corrected chi connectivity index (χ0v) is 7.30. The molecule has 0 atom stereocenters. The fraction of sp³-hybridized carbons (Fsp3) is 0.429. The summed E-state index contributed by atoms with van der Waals surface area (Å²) in [5.41, 5.74) is 1.39. The van der Waals surface area contributed by atoms with Gasteiger partial charge < -0.3 is 0 Å². The van der Waals surface area contributed by atoms with Crippen LogP contribution in [0.25, 0.3) is 0 Å². The molecule has 0 spiro atoms. The monoisotopic (exact) mass is 158 g/mol. The third-order valence-corrected chi connectivity index (χ3v) is 2.47. The van der Waals surface area contributed by atoms with Crippen molar-refractivity contribution >= 4 is 24.0 Å². The minimum atomic E-state index is 0.641. The van der Waals surface area contributed by atoms with Crippen LogP contribution in [0.5, 0.6) is 0 Å². The van der Waals surface area contributed by atoms with Crippen molar-refractivity contribution in [1.82, 2.24) is 0 Å². The third-order valence-electron chi connectivity index (χ3n) is 1.27. The molecular formula is C7H10S2. The van der Waals surface area contributed by atoms with E-state index in [0.29, 0.717) is 5.92 Å². The first-order valence-electron chi connectivity index (χ1n) is 2.97. The number of rotatable bonds is 1. The lowest BCUT2D eigenvalue weighted by atomic mass is 10.1. The van der Waals surface area contributed by atoms with Crippen molar-refractivity contribution in [2.75, 3.05) is 0 Å². The summed E-state index contributed by atoms with van der Waals surface area (Å²) in [6.45, 7) is 4.38. The summed E-state index contributed by atoms with van der Waals surface area (Å²) in [6, 6.07) is 2.12. The lowest BCUT2D eigenvalue weighted by Gasteiger charge is -1.96. The molecule has 9 heavy (non-hydrogen) atoms. The van der Waals surface area contributed by atoms with Crippen LogP contribution in [-0.4, -0.2) is 0 Å². The number of hydrogen-bond acceptors (Lipinski definition) is 2. The van der Waals surface area contributed by atoms with Gasteiger partial charge in [0.25, 0.3) is 0 Å². The molecular weight excluding hydrogens is 148 g/mol. The number of thiol groups is 1. The van der Waals surface area contributed by atoms with Crippen LogP contribution in [0.4, 0.5) is 0 Å². The van der Waals surface area contributed by atoms with E-state index in [1.165, 1.54) is 5.56 Å². The van der Waals surface area contributed by atoms with Gasteiger partial charge in [-0.2, -0.15) is 0 Å². The molecule has 1 aromatic heterocycles. The Kier molecular flexibility index (Phi) is 2.19. The Morgan fingerprint density at radius 2 is 2.22 bits per heavy atom. The summed E-state index contributed by atoms with van der Waals surface area (Å²) in [5.74, 6) is 0.641. The molecule has 1 rings (SSSR count). The topological polar surface area (TPSA) is 0 Å². The predicted molar refractivity (Wildman–Crippen MR) is 45.7 cm³/mol. The first-order chi connectivity index (χ1) is 4.20. The van der Waals surface area contributed by atoms with Crippen LogP contribution < -0.4 is 0 Å². The summed E-state index contributed by atoms with van der Waals surface area (Å²) < 4.78 is 1.11. The molecule has 1 aromatic rings. The molecule has 0 aliphatic heterocycles. The van der Waals surface area contributed by atoms with E-state index in [4.69, 9.17) is 0 Å². The lowest BCUT2D eigenvalue weighted by Crippen LogP contribution is -1.79. The predicted octanol–water partition coefficient (Wildman–Crippen LogP) is 3.16. The number of thiophene rings is 1. The zero-order chi connectivity index (χ0) is 6.85. The highest BCUT2D eigenvalue weighted by atomic mass is 32.2. The van der Waals surface area contributed by atoms with Gasteiger partial charge in [-0.3, -0.25) is 0 Å². The Labute approximate surface area is 65.3 Å². The Bertz CT molecular complexity index is 189. The quantitative estimate of drug-likeness (QED) is 0.596. The van der Waals surface area contributed by atoms with Gasteiger partial charge in [0.2, 0.25) is 0 Å². The van der Waals surface area contributed by atoms with Gasteiger partial charge in [0, 0.05) is 0 Å². The highest BCUT2D eigenvalue weighted by Crippen LogP contribution is 2.23. The molecule has 0 N–H and O–H groups in total. The van der Waals surface area contributed by atoms with Crippen LogP contribution >= 0.6 is 24.0 Å². The largest absolute Gasteiger partial charge is 0.137 e. The Morgan fingerprint density at radius 3 is 2.44 bits per heavy atom. The standard InChI is InChI=1S/C7H10S2/c1-5(2)6-3-7(8)9-4-6/h3-5,8H,1-2H3. The Balaban J connectivity index is 2.85. The normalized spacial score (nSPS) is 10.7. The van der Waals surface area contributed by atoms with Gasteiger partial charge in [0.15, 0.2) is 0 Å². The van der Waals surface area contributed by atoms with Crippen LogP contribution in [0.2, 0.25) is 0 Å². The van der Waals surface area contributed by atoms with E-state index in [2.05, 4.69) is 37.9 Å². The van der Waals surface area contributed by atoms with Gasteiger partial charge in [-0.15, -0.1) is 24.0 Å². The van der Waals surface area contributed by atoms with Crippen LogP contribution in [0.3, 0.4) is 0 Å². The lowest BCUT2D eigenvalue weighted by molar-refractivity contribution is 0.870. The summed E-state index contributed by atoms with van der Waals surface area (Å²) in [7, 11) is 0. The summed E-state index contributed by atoms with van der Waals surface area (Å²) in [5, 5.41) is 2.16. The smallest absolute Gasteiger partial charge is 0.0570 e. The zero-order valence-electron chi connectivity index (χ0n) is 5.59. The van der Waals surface area contributed by atoms with Crippen molar-refractivity contribution in [2.45, 2.75) is 24.0 Å². The van der Waals surface area contributed by atoms with Crippen molar-refractivity contribution in [2.24, 2.45) is 0 Å². The van der Waals surface area contributed by atoms with Crippen molar-refractivity contribution in [3.05, 3.63) is 17.0 Å². The van der Waals surface area contributed by atoms with E-state index in [1.807, 2.05) is 0 Å². The second-order valence-electron chi connectivity index (χ2n) is 2.37. The summed E-state index contributed by atoms with van der Waals surface area (Å²) >= 11 is 5.92. The molecule has 0 radical (unpaired) electrons. The molecule has 1 heterocycles. The van der Waals surface area contributed by atoms with Crippen molar-refractivity contribution in [3.8, 4) is 0 Å². The highest BCUT2D eigenvalue weighted by molar-refractivity contribution is 7.82.